The predicted molar refractivity (Wildman–Crippen MR) is 102 cm³/mol. The van der Waals surface area contributed by atoms with Crippen molar-refractivity contribution in [3.8, 4) is 12.3 Å². The quantitative estimate of drug-likeness (QED) is 0.454. The Bertz CT molecular complexity index is 655. The monoisotopic (exact) mass is 358 g/mol. The Balaban J connectivity index is 1.67. The van der Waals surface area contributed by atoms with Crippen molar-refractivity contribution in [1.82, 2.24) is 0 Å². The fraction of sp³-hybridized carbons (Fsp3) is 0.826. The Labute approximate surface area is 158 Å². The van der Waals surface area contributed by atoms with Crippen molar-refractivity contribution in [2.24, 2.45) is 29.1 Å². The molecule has 2 saturated carbocycles. The van der Waals surface area contributed by atoms with E-state index in [1.165, 1.54) is 0 Å². The topological polar surface area (TPSA) is 38.7 Å². The van der Waals surface area contributed by atoms with Gasteiger partial charge in [0, 0.05) is 32.5 Å². The number of fused-ring (bicyclic) bond motifs is 4. The lowest BCUT2D eigenvalue weighted by Gasteiger charge is -2.56. The van der Waals surface area contributed by atoms with E-state index in [2.05, 4.69) is 19.8 Å². The van der Waals surface area contributed by atoms with Crippen molar-refractivity contribution in [1.29, 1.82) is 0 Å². The van der Waals surface area contributed by atoms with Gasteiger partial charge in [-0.05, 0) is 62.2 Å². The Kier molecular flexibility index (Phi) is 4.34. The number of terminal acetylenes is 1. The summed E-state index contributed by atoms with van der Waals surface area (Å²) in [5, 5.41) is 11.1. The summed E-state index contributed by atoms with van der Waals surface area (Å²) in [5.41, 5.74) is 2.25. The number of hydrogen-bond acceptors (Lipinski definition) is 3. The molecule has 0 aromatic carbocycles. The third-order valence-corrected chi connectivity index (χ3v) is 8.85. The molecule has 3 heteroatoms. The van der Waals surface area contributed by atoms with Crippen molar-refractivity contribution < 1.29 is 14.6 Å². The first-order valence-electron chi connectivity index (χ1n) is 10.3. The van der Waals surface area contributed by atoms with E-state index in [4.69, 9.17) is 15.9 Å². The molecule has 0 spiro atoms. The van der Waals surface area contributed by atoms with Crippen LogP contribution in [-0.4, -0.2) is 30.7 Å². The molecule has 0 aliphatic heterocycles. The molecule has 0 unspecified atom stereocenters. The molecule has 0 aromatic heterocycles. The molecule has 0 amide bonds. The van der Waals surface area contributed by atoms with Gasteiger partial charge in [-0.1, -0.05) is 30.9 Å². The second-order valence-corrected chi connectivity index (χ2v) is 9.60. The van der Waals surface area contributed by atoms with Crippen LogP contribution in [0, 0.1) is 41.4 Å². The van der Waals surface area contributed by atoms with Crippen LogP contribution in [0.25, 0.3) is 0 Å². The van der Waals surface area contributed by atoms with Crippen LogP contribution in [0.3, 0.4) is 0 Å². The number of hydrogen-bond donors (Lipinski definition) is 1. The van der Waals surface area contributed by atoms with E-state index in [0.29, 0.717) is 23.7 Å². The summed E-state index contributed by atoms with van der Waals surface area (Å²) in [6.45, 7) is 4.68. The Morgan fingerprint density at radius 3 is 2.54 bits per heavy atom. The average molecular weight is 359 g/mol. The summed E-state index contributed by atoms with van der Waals surface area (Å²) < 4.78 is 11.5. The summed E-state index contributed by atoms with van der Waals surface area (Å²) in [5.74, 6) is 4.86. The zero-order chi connectivity index (χ0) is 18.7. The highest BCUT2D eigenvalue weighted by Gasteiger charge is 2.62. The molecular weight excluding hydrogens is 324 g/mol. The minimum Gasteiger partial charge on any atom is -0.377 e. The van der Waals surface area contributed by atoms with Crippen LogP contribution in [0.5, 0.6) is 0 Å². The maximum absolute atomic E-state index is 11.1. The number of allylic oxidation sites excluding steroid dienone is 1. The molecule has 3 nitrogen and oxygen atoms in total. The highest BCUT2D eigenvalue weighted by molar-refractivity contribution is 5.31. The number of rotatable bonds is 2. The number of methoxy groups -OCH3 is 2. The van der Waals surface area contributed by atoms with Gasteiger partial charge in [-0.15, -0.1) is 6.42 Å². The Morgan fingerprint density at radius 2 is 1.88 bits per heavy atom. The molecule has 26 heavy (non-hydrogen) atoms. The SMILES string of the molecule is C#C[C@@]1(O)CC[C@@H]2[C@@H]3[C@@H](C)CC4=C(CCC(OC)(OC)C4)[C@@H]3CC[C@@]21C. The molecule has 0 radical (unpaired) electrons. The van der Waals surface area contributed by atoms with Crippen LogP contribution in [0.15, 0.2) is 11.1 Å². The summed E-state index contributed by atoms with van der Waals surface area (Å²) in [6.07, 6.45) is 13.9. The zero-order valence-electron chi connectivity index (χ0n) is 16.8. The van der Waals surface area contributed by atoms with Crippen LogP contribution in [0.4, 0.5) is 0 Å². The zero-order valence-corrected chi connectivity index (χ0v) is 16.8. The van der Waals surface area contributed by atoms with E-state index in [1.54, 1.807) is 25.4 Å². The Morgan fingerprint density at radius 1 is 1.15 bits per heavy atom. The van der Waals surface area contributed by atoms with E-state index in [1.807, 2.05) is 0 Å². The van der Waals surface area contributed by atoms with Crippen molar-refractivity contribution >= 4 is 0 Å². The lowest BCUT2D eigenvalue weighted by atomic mass is 9.50. The molecule has 2 fully saturated rings. The first-order valence-corrected chi connectivity index (χ1v) is 10.3. The molecule has 144 valence electrons. The lowest BCUT2D eigenvalue weighted by molar-refractivity contribution is -0.214. The van der Waals surface area contributed by atoms with Crippen molar-refractivity contribution in [2.45, 2.75) is 76.6 Å². The molecule has 4 aliphatic carbocycles. The van der Waals surface area contributed by atoms with E-state index < -0.39 is 11.4 Å². The van der Waals surface area contributed by atoms with Crippen LogP contribution >= 0.6 is 0 Å². The van der Waals surface area contributed by atoms with Crippen molar-refractivity contribution in [3.05, 3.63) is 11.1 Å². The highest BCUT2D eigenvalue weighted by atomic mass is 16.7. The Hall–Kier alpha value is -0.820. The predicted octanol–water partition coefficient (Wildman–Crippen LogP) is 4.30. The van der Waals surface area contributed by atoms with Gasteiger partial charge in [0.15, 0.2) is 5.79 Å². The summed E-state index contributed by atoms with van der Waals surface area (Å²) in [6, 6.07) is 0. The average Bonchev–Trinajstić information content (AvgIpc) is 2.93. The van der Waals surface area contributed by atoms with E-state index >= 15 is 0 Å². The summed E-state index contributed by atoms with van der Waals surface area (Å²) in [4.78, 5) is 0. The van der Waals surface area contributed by atoms with Gasteiger partial charge >= 0.3 is 0 Å². The fourth-order valence-corrected chi connectivity index (χ4v) is 7.29. The maximum Gasteiger partial charge on any atom is 0.171 e. The van der Waals surface area contributed by atoms with Crippen LogP contribution in [0.2, 0.25) is 0 Å². The van der Waals surface area contributed by atoms with Gasteiger partial charge in [0.05, 0.1) is 0 Å². The second-order valence-electron chi connectivity index (χ2n) is 9.60. The first-order chi connectivity index (χ1) is 12.3. The number of aliphatic hydroxyl groups is 1. The molecule has 0 aromatic rings. The molecule has 4 aliphatic rings. The lowest BCUT2D eigenvalue weighted by Crippen LogP contribution is -2.53. The molecule has 0 saturated heterocycles. The van der Waals surface area contributed by atoms with E-state index in [-0.39, 0.29) is 5.41 Å². The van der Waals surface area contributed by atoms with Crippen molar-refractivity contribution in [3.63, 3.8) is 0 Å². The summed E-state index contributed by atoms with van der Waals surface area (Å²) in [7, 11) is 3.55. The van der Waals surface area contributed by atoms with Gasteiger partial charge in [0.25, 0.3) is 0 Å². The number of ether oxygens (including phenoxy) is 2. The molecule has 0 heterocycles. The van der Waals surface area contributed by atoms with Gasteiger partial charge in [-0.25, -0.2) is 0 Å². The fourth-order valence-electron chi connectivity index (χ4n) is 7.29. The summed E-state index contributed by atoms with van der Waals surface area (Å²) >= 11 is 0. The normalized spacial score (nSPS) is 46.9. The maximum atomic E-state index is 11.1. The third kappa shape index (κ3) is 2.32. The molecule has 6 atom stereocenters. The van der Waals surface area contributed by atoms with E-state index in [0.717, 1.165) is 51.4 Å². The van der Waals surface area contributed by atoms with Crippen molar-refractivity contribution in [2.75, 3.05) is 14.2 Å². The highest BCUT2D eigenvalue weighted by Crippen LogP contribution is 2.65. The smallest absolute Gasteiger partial charge is 0.171 e. The first kappa shape index (κ1) is 18.5. The second kappa shape index (κ2) is 6.09. The van der Waals surface area contributed by atoms with Gasteiger partial charge in [-0.3, -0.25) is 0 Å². The van der Waals surface area contributed by atoms with Crippen LogP contribution in [-0.2, 0) is 9.47 Å². The van der Waals surface area contributed by atoms with E-state index in [9.17, 15) is 5.11 Å². The van der Waals surface area contributed by atoms with Gasteiger partial charge in [-0.2, -0.15) is 0 Å². The van der Waals surface area contributed by atoms with Gasteiger partial charge in [0.2, 0.25) is 0 Å². The molecular formula is C23H34O3. The standard InChI is InChI=1S/C23H34O3/c1-6-22(24)11-9-19-20-15(2)13-16-14-23(25-4,26-5)12-8-17(16)18(20)7-10-21(19,22)3/h1,15,18-20,24H,7-14H2,2-5H3/t15-,18-,19+,20+,21-,22+/m0/s1. The van der Waals surface area contributed by atoms with Crippen LogP contribution < -0.4 is 0 Å². The largest absolute Gasteiger partial charge is 0.377 e. The van der Waals surface area contributed by atoms with Gasteiger partial charge < -0.3 is 14.6 Å². The molecule has 0 bridgehead atoms. The molecule has 4 rings (SSSR count). The van der Waals surface area contributed by atoms with Crippen LogP contribution in [0.1, 0.15) is 65.2 Å². The van der Waals surface area contributed by atoms with Gasteiger partial charge in [0.1, 0.15) is 5.60 Å². The minimum absolute atomic E-state index is 0.118. The minimum atomic E-state index is -0.912. The molecule has 1 N–H and O–H groups in total. The third-order valence-electron chi connectivity index (χ3n) is 8.85.